The summed E-state index contributed by atoms with van der Waals surface area (Å²) in [6, 6.07) is 11.5. The number of aryl methyl sites for hydroxylation is 1. The number of carbonyl (C=O) groups excluding carboxylic acids is 1. The van der Waals surface area contributed by atoms with Crippen molar-refractivity contribution in [1.82, 2.24) is 15.2 Å². The largest absolute Gasteiger partial charge is 0.491 e. The van der Waals surface area contributed by atoms with Crippen molar-refractivity contribution in [2.45, 2.75) is 33.0 Å². The molecule has 0 aliphatic carbocycles. The van der Waals surface area contributed by atoms with E-state index in [9.17, 15) is 4.79 Å². The minimum absolute atomic E-state index is 0.104. The summed E-state index contributed by atoms with van der Waals surface area (Å²) >= 11 is 0. The van der Waals surface area contributed by atoms with Crippen LogP contribution in [0.25, 0.3) is 0 Å². The molecule has 5 heteroatoms. The fourth-order valence-electron chi connectivity index (χ4n) is 2.11. The van der Waals surface area contributed by atoms with Gasteiger partial charge in [-0.15, -0.1) is 0 Å². The third-order valence-corrected chi connectivity index (χ3v) is 3.26. The Labute approximate surface area is 131 Å². The highest BCUT2D eigenvalue weighted by molar-refractivity contribution is 5.73. The lowest BCUT2D eigenvalue weighted by molar-refractivity contribution is 0.235. The number of carbonyl (C=O) groups is 1. The first-order chi connectivity index (χ1) is 10.6. The zero-order valence-electron chi connectivity index (χ0n) is 13.3. The zero-order chi connectivity index (χ0) is 15.9. The van der Waals surface area contributed by atoms with Crippen LogP contribution >= 0.6 is 0 Å². The maximum absolute atomic E-state index is 11.9. The Balaban J connectivity index is 1.85. The van der Waals surface area contributed by atoms with Crippen LogP contribution in [0.3, 0.4) is 0 Å². The Kier molecular flexibility index (Phi) is 5.47. The zero-order valence-corrected chi connectivity index (χ0v) is 13.3. The van der Waals surface area contributed by atoms with E-state index in [1.807, 2.05) is 68.1 Å². The van der Waals surface area contributed by atoms with Crippen molar-refractivity contribution in [3.05, 3.63) is 53.9 Å². The van der Waals surface area contributed by atoms with Gasteiger partial charge in [-0.2, -0.15) is 0 Å². The summed E-state index contributed by atoms with van der Waals surface area (Å²) in [4.78, 5) is 11.9. The lowest BCUT2D eigenvalue weighted by Crippen LogP contribution is -2.35. The normalized spacial score (nSPS) is 10.5. The predicted octanol–water partition coefficient (Wildman–Crippen LogP) is 2.81. The standard InChI is InChI=1S/C17H23N3O2/c1-13(2)22-16-9-5-4-7-14(16)11-18-17(21)19-12-15-8-6-10-20(15)3/h4-10,13H,11-12H2,1-3H3,(H2,18,19,21). The number of para-hydroxylation sites is 1. The van der Waals surface area contributed by atoms with Gasteiger partial charge in [0, 0.05) is 31.0 Å². The van der Waals surface area contributed by atoms with Crippen LogP contribution in [0, 0.1) is 0 Å². The van der Waals surface area contributed by atoms with Crippen molar-refractivity contribution in [1.29, 1.82) is 0 Å². The molecule has 5 nitrogen and oxygen atoms in total. The van der Waals surface area contributed by atoms with Crippen molar-refractivity contribution < 1.29 is 9.53 Å². The molecule has 0 unspecified atom stereocenters. The second-order valence-corrected chi connectivity index (χ2v) is 5.42. The summed E-state index contributed by atoms with van der Waals surface area (Å²) in [7, 11) is 1.95. The molecule has 1 aromatic heterocycles. The van der Waals surface area contributed by atoms with Crippen LogP contribution in [0.5, 0.6) is 5.75 Å². The van der Waals surface area contributed by atoms with E-state index in [2.05, 4.69) is 10.6 Å². The molecule has 22 heavy (non-hydrogen) atoms. The highest BCUT2D eigenvalue weighted by Gasteiger charge is 2.07. The molecule has 0 bridgehead atoms. The van der Waals surface area contributed by atoms with Crippen molar-refractivity contribution in [2.24, 2.45) is 7.05 Å². The molecule has 0 saturated heterocycles. The minimum atomic E-state index is -0.194. The van der Waals surface area contributed by atoms with Crippen LogP contribution in [-0.2, 0) is 20.1 Å². The van der Waals surface area contributed by atoms with E-state index >= 15 is 0 Å². The number of hydrogen-bond donors (Lipinski definition) is 2. The summed E-state index contributed by atoms with van der Waals surface area (Å²) in [6.07, 6.45) is 2.06. The molecule has 2 aromatic rings. The fraction of sp³-hybridized carbons (Fsp3) is 0.353. The van der Waals surface area contributed by atoms with E-state index in [1.54, 1.807) is 0 Å². The average Bonchev–Trinajstić information content (AvgIpc) is 2.89. The highest BCUT2D eigenvalue weighted by atomic mass is 16.5. The number of amides is 2. The molecule has 2 N–H and O–H groups in total. The number of urea groups is 1. The molecule has 0 saturated carbocycles. The van der Waals surface area contributed by atoms with E-state index < -0.39 is 0 Å². The molecule has 2 rings (SSSR count). The van der Waals surface area contributed by atoms with Crippen LogP contribution < -0.4 is 15.4 Å². The third kappa shape index (κ3) is 4.55. The van der Waals surface area contributed by atoms with Gasteiger partial charge in [0.15, 0.2) is 0 Å². The molecule has 1 aromatic carbocycles. The Morgan fingerprint density at radius 2 is 1.86 bits per heavy atom. The molecule has 0 radical (unpaired) electrons. The maximum atomic E-state index is 11.9. The number of ether oxygens (including phenoxy) is 1. The van der Waals surface area contributed by atoms with Crippen molar-refractivity contribution in [3.8, 4) is 5.75 Å². The quantitative estimate of drug-likeness (QED) is 0.862. The Hall–Kier alpha value is -2.43. The molecule has 0 spiro atoms. The SMILES string of the molecule is CC(C)Oc1ccccc1CNC(=O)NCc1cccn1C. The van der Waals surface area contributed by atoms with Crippen molar-refractivity contribution in [2.75, 3.05) is 0 Å². The maximum Gasteiger partial charge on any atom is 0.315 e. The summed E-state index contributed by atoms with van der Waals surface area (Å²) in [5.41, 5.74) is 2.02. The first-order valence-corrected chi connectivity index (χ1v) is 7.42. The van der Waals surface area contributed by atoms with Crippen LogP contribution in [0.4, 0.5) is 4.79 Å². The van der Waals surface area contributed by atoms with Crippen molar-refractivity contribution in [3.63, 3.8) is 0 Å². The Morgan fingerprint density at radius 1 is 1.14 bits per heavy atom. The summed E-state index contributed by atoms with van der Waals surface area (Å²) in [5, 5.41) is 5.70. The van der Waals surface area contributed by atoms with Gasteiger partial charge in [0.1, 0.15) is 5.75 Å². The minimum Gasteiger partial charge on any atom is -0.491 e. The average molecular weight is 301 g/mol. The number of hydrogen-bond acceptors (Lipinski definition) is 2. The number of aromatic nitrogens is 1. The van der Waals surface area contributed by atoms with E-state index in [0.717, 1.165) is 17.0 Å². The van der Waals surface area contributed by atoms with Crippen LogP contribution in [-0.4, -0.2) is 16.7 Å². The molecule has 0 aliphatic rings. The van der Waals surface area contributed by atoms with Gasteiger partial charge in [-0.3, -0.25) is 0 Å². The lowest BCUT2D eigenvalue weighted by atomic mass is 10.2. The number of rotatable bonds is 6. The van der Waals surface area contributed by atoms with Crippen LogP contribution in [0.1, 0.15) is 25.1 Å². The molecule has 118 valence electrons. The van der Waals surface area contributed by atoms with Gasteiger partial charge in [-0.1, -0.05) is 18.2 Å². The summed E-state index contributed by atoms with van der Waals surface area (Å²) < 4.78 is 7.72. The molecule has 0 atom stereocenters. The van der Waals surface area contributed by atoms with E-state index in [0.29, 0.717) is 13.1 Å². The predicted molar refractivity (Wildman–Crippen MR) is 86.7 cm³/mol. The van der Waals surface area contributed by atoms with E-state index in [-0.39, 0.29) is 12.1 Å². The smallest absolute Gasteiger partial charge is 0.315 e. The number of nitrogens with one attached hydrogen (secondary N) is 2. The lowest BCUT2D eigenvalue weighted by Gasteiger charge is -2.15. The van der Waals surface area contributed by atoms with E-state index in [1.165, 1.54) is 0 Å². The van der Waals surface area contributed by atoms with Gasteiger partial charge in [-0.05, 0) is 32.0 Å². The van der Waals surface area contributed by atoms with Gasteiger partial charge in [0.05, 0.1) is 12.6 Å². The van der Waals surface area contributed by atoms with Gasteiger partial charge in [0.2, 0.25) is 0 Å². The second-order valence-electron chi connectivity index (χ2n) is 5.42. The summed E-state index contributed by atoms with van der Waals surface area (Å²) in [6.45, 7) is 4.90. The number of nitrogens with zero attached hydrogens (tertiary/aromatic N) is 1. The summed E-state index contributed by atoms with van der Waals surface area (Å²) in [5.74, 6) is 0.806. The molecule has 2 amide bonds. The van der Waals surface area contributed by atoms with Gasteiger partial charge in [0.25, 0.3) is 0 Å². The van der Waals surface area contributed by atoms with E-state index in [4.69, 9.17) is 4.74 Å². The highest BCUT2D eigenvalue weighted by Crippen LogP contribution is 2.18. The van der Waals surface area contributed by atoms with Crippen LogP contribution in [0.2, 0.25) is 0 Å². The molecule has 1 heterocycles. The van der Waals surface area contributed by atoms with Gasteiger partial charge in [-0.25, -0.2) is 4.79 Å². The van der Waals surface area contributed by atoms with Crippen LogP contribution in [0.15, 0.2) is 42.6 Å². The number of benzene rings is 1. The topological polar surface area (TPSA) is 55.3 Å². The first kappa shape index (κ1) is 15.9. The molecule has 0 aliphatic heterocycles. The fourth-order valence-corrected chi connectivity index (χ4v) is 2.11. The molecular formula is C17H23N3O2. The second kappa shape index (κ2) is 7.54. The first-order valence-electron chi connectivity index (χ1n) is 7.42. The third-order valence-electron chi connectivity index (χ3n) is 3.26. The molecule has 0 fully saturated rings. The van der Waals surface area contributed by atoms with Gasteiger partial charge < -0.3 is 19.9 Å². The Bertz CT molecular complexity index is 620. The van der Waals surface area contributed by atoms with Crippen molar-refractivity contribution >= 4 is 6.03 Å². The Morgan fingerprint density at radius 3 is 2.55 bits per heavy atom. The molecular weight excluding hydrogens is 278 g/mol. The monoisotopic (exact) mass is 301 g/mol. The van der Waals surface area contributed by atoms with Gasteiger partial charge >= 0.3 is 6.03 Å².